The standard InChI is InChI=1S/C22H31N5OS/c1-26-21(17-9-8-14-23-15-17)24-25-22(26)29-16-20(28)27(18-10-4-2-5-11-18)19-12-6-3-7-13-19/h8-9,14-15,18-19H,2-7,10-13,16H2,1H3. The molecule has 6 nitrogen and oxygen atoms in total. The molecule has 7 heteroatoms. The van der Waals surface area contributed by atoms with Gasteiger partial charge in [0.25, 0.3) is 0 Å². The van der Waals surface area contributed by atoms with E-state index in [1.807, 2.05) is 23.7 Å². The van der Waals surface area contributed by atoms with Crippen molar-refractivity contribution in [2.75, 3.05) is 5.75 Å². The van der Waals surface area contributed by atoms with E-state index in [1.165, 1.54) is 76.0 Å². The first kappa shape index (κ1) is 20.4. The highest BCUT2D eigenvalue weighted by atomic mass is 32.2. The van der Waals surface area contributed by atoms with Crippen LogP contribution >= 0.6 is 11.8 Å². The second kappa shape index (κ2) is 9.74. The molecule has 0 N–H and O–H groups in total. The van der Waals surface area contributed by atoms with Crippen LogP contribution in [0.25, 0.3) is 11.4 Å². The topological polar surface area (TPSA) is 63.9 Å². The Kier molecular flexibility index (Phi) is 6.85. The Morgan fingerprint density at radius 2 is 1.72 bits per heavy atom. The predicted molar refractivity (Wildman–Crippen MR) is 116 cm³/mol. The number of thioether (sulfide) groups is 1. The molecule has 0 spiro atoms. The zero-order valence-corrected chi connectivity index (χ0v) is 18.1. The molecule has 156 valence electrons. The fourth-order valence-corrected chi connectivity index (χ4v) is 5.59. The third kappa shape index (κ3) is 4.82. The monoisotopic (exact) mass is 413 g/mol. The molecule has 2 heterocycles. The fraction of sp³-hybridized carbons (Fsp3) is 0.636. The van der Waals surface area contributed by atoms with E-state index in [2.05, 4.69) is 20.1 Å². The SMILES string of the molecule is Cn1c(SCC(=O)N(C2CCCCC2)C2CCCCC2)nnc1-c1cccnc1. The summed E-state index contributed by atoms with van der Waals surface area (Å²) in [5.74, 6) is 1.50. The second-order valence-corrected chi connectivity index (χ2v) is 9.22. The summed E-state index contributed by atoms with van der Waals surface area (Å²) in [7, 11) is 1.95. The molecule has 2 aliphatic rings. The van der Waals surface area contributed by atoms with Gasteiger partial charge in [0, 0.05) is 37.1 Å². The van der Waals surface area contributed by atoms with Gasteiger partial charge >= 0.3 is 0 Å². The van der Waals surface area contributed by atoms with Crippen molar-refractivity contribution in [3.63, 3.8) is 0 Å². The molecule has 0 aliphatic heterocycles. The highest BCUT2D eigenvalue weighted by Gasteiger charge is 2.32. The molecule has 29 heavy (non-hydrogen) atoms. The van der Waals surface area contributed by atoms with Crippen LogP contribution in [0.3, 0.4) is 0 Å². The molecule has 4 rings (SSSR count). The Labute approximate surface area is 177 Å². The molecule has 1 amide bonds. The summed E-state index contributed by atoms with van der Waals surface area (Å²) in [4.78, 5) is 19.8. The van der Waals surface area contributed by atoms with Gasteiger partial charge in [-0.3, -0.25) is 9.78 Å². The maximum absolute atomic E-state index is 13.3. The molecule has 2 aromatic heterocycles. The van der Waals surface area contributed by atoms with E-state index in [4.69, 9.17) is 0 Å². The van der Waals surface area contributed by atoms with Crippen molar-refractivity contribution in [3.8, 4) is 11.4 Å². The van der Waals surface area contributed by atoms with E-state index in [1.54, 1.807) is 12.4 Å². The van der Waals surface area contributed by atoms with E-state index < -0.39 is 0 Å². The third-order valence-electron chi connectivity index (χ3n) is 6.30. The van der Waals surface area contributed by atoms with Crippen molar-refractivity contribution < 1.29 is 4.79 Å². The lowest BCUT2D eigenvalue weighted by molar-refractivity contribution is -0.135. The Hall–Kier alpha value is -1.89. The first-order valence-corrected chi connectivity index (χ1v) is 12.0. The lowest BCUT2D eigenvalue weighted by atomic mass is 9.88. The van der Waals surface area contributed by atoms with Crippen LogP contribution in [0, 0.1) is 0 Å². The summed E-state index contributed by atoms with van der Waals surface area (Å²) in [6.07, 6.45) is 15.9. The van der Waals surface area contributed by atoms with Gasteiger partial charge in [0.05, 0.1) is 5.75 Å². The number of hydrogen-bond acceptors (Lipinski definition) is 5. The quantitative estimate of drug-likeness (QED) is 0.654. The number of nitrogens with zero attached hydrogens (tertiary/aromatic N) is 5. The van der Waals surface area contributed by atoms with Crippen LogP contribution in [0.1, 0.15) is 64.2 Å². The van der Waals surface area contributed by atoms with Crippen LogP contribution < -0.4 is 0 Å². The zero-order valence-electron chi connectivity index (χ0n) is 17.3. The number of pyridine rings is 1. The molecule has 0 aromatic carbocycles. The minimum absolute atomic E-state index is 0.278. The summed E-state index contributed by atoms with van der Waals surface area (Å²) < 4.78 is 1.96. The molecule has 0 radical (unpaired) electrons. The number of rotatable bonds is 6. The summed E-state index contributed by atoms with van der Waals surface area (Å²) in [6.45, 7) is 0. The Morgan fingerprint density at radius 3 is 2.31 bits per heavy atom. The van der Waals surface area contributed by atoms with Gasteiger partial charge in [0.1, 0.15) is 0 Å². The van der Waals surface area contributed by atoms with E-state index >= 15 is 0 Å². The fourth-order valence-electron chi connectivity index (χ4n) is 4.81. The highest BCUT2D eigenvalue weighted by molar-refractivity contribution is 7.99. The van der Waals surface area contributed by atoms with Crippen LogP contribution in [-0.4, -0.2) is 48.4 Å². The van der Waals surface area contributed by atoms with E-state index in [0.717, 1.165) is 16.5 Å². The first-order chi connectivity index (χ1) is 14.2. The molecule has 0 atom stereocenters. The number of aromatic nitrogens is 4. The summed E-state index contributed by atoms with van der Waals surface area (Å²) >= 11 is 1.50. The first-order valence-electron chi connectivity index (χ1n) is 11.0. The molecule has 2 aromatic rings. The van der Waals surface area contributed by atoms with Gasteiger partial charge in [-0.2, -0.15) is 0 Å². The van der Waals surface area contributed by atoms with E-state index in [0.29, 0.717) is 17.8 Å². The molecule has 2 saturated carbocycles. The van der Waals surface area contributed by atoms with Crippen LogP contribution in [0.2, 0.25) is 0 Å². The Morgan fingerprint density at radius 1 is 1.07 bits per heavy atom. The van der Waals surface area contributed by atoms with Crippen LogP contribution in [0.15, 0.2) is 29.7 Å². The molecule has 0 saturated heterocycles. The average Bonchev–Trinajstić information content (AvgIpc) is 3.15. The molecule has 0 bridgehead atoms. The van der Waals surface area contributed by atoms with E-state index in [9.17, 15) is 4.79 Å². The summed E-state index contributed by atoms with van der Waals surface area (Å²) in [5.41, 5.74) is 0.937. The summed E-state index contributed by atoms with van der Waals surface area (Å²) in [6, 6.07) is 4.74. The smallest absolute Gasteiger partial charge is 0.233 e. The largest absolute Gasteiger partial charge is 0.336 e. The second-order valence-electron chi connectivity index (χ2n) is 8.28. The number of carbonyl (C=O) groups is 1. The van der Waals surface area contributed by atoms with Crippen LogP contribution in [0.4, 0.5) is 0 Å². The lowest BCUT2D eigenvalue weighted by Gasteiger charge is -2.41. The summed E-state index contributed by atoms with van der Waals surface area (Å²) in [5, 5.41) is 9.42. The number of hydrogen-bond donors (Lipinski definition) is 0. The molecular weight excluding hydrogens is 382 g/mol. The van der Waals surface area contributed by atoms with Gasteiger partial charge in [0.15, 0.2) is 11.0 Å². The van der Waals surface area contributed by atoms with Gasteiger partial charge < -0.3 is 9.47 Å². The lowest BCUT2D eigenvalue weighted by Crippen LogP contribution is -2.49. The van der Waals surface area contributed by atoms with Crippen molar-refractivity contribution >= 4 is 17.7 Å². The maximum atomic E-state index is 13.3. The maximum Gasteiger partial charge on any atom is 0.233 e. The Bertz CT molecular complexity index is 779. The van der Waals surface area contributed by atoms with Gasteiger partial charge in [0.2, 0.25) is 5.91 Å². The molecule has 0 unspecified atom stereocenters. The molecule has 2 aliphatic carbocycles. The number of carbonyl (C=O) groups excluding carboxylic acids is 1. The van der Waals surface area contributed by atoms with Gasteiger partial charge in [-0.1, -0.05) is 50.3 Å². The van der Waals surface area contributed by atoms with Crippen molar-refractivity contribution in [2.45, 2.75) is 81.4 Å². The zero-order chi connectivity index (χ0) is 20.1. The van der Waals surface area contributed by atoms with Gasteiger partial charge in [-0.15, -0.1) is 10.2 Å². The van der Waals surface area contributed by atoms with Crippen molar-refractivity contribution in [1.82, 2.24) is 24.6 Å². The van der Waals surface area contributed by atoms with E-state index in [-0.39, 0.29) is 5.91 Å². The van der Waals surface area contributed by atoms with Gasteiger partial charge in [-0.25, -0.2) is 0 Å². The highest BCUT2D eigenvalue weighted by Crippen LogP contribution is 2.31. The molecule has 2 fully saturated rings. The van der Waals surface area contributed by atoms with Crippen molar-refractivity contribution in [1.29, 1.82) is 0 Å². The van der Waals surface area contributed by atoms with Crippen molar-refractivity contribution in [3.05, 3.63) is 24.5 Å². The average molecular weight is 414 g/mol. The minimum atomic E-state index is 0.278. The van der Waals surface area contributed by atoms with Crippen LogP contribution in [-0.2, 0) is 11.8 Å². The van der Waals surface area contributed by atoms with Crippen LogP contribution in [0.5, 0.6) is 0 Å². The van der Waals surface area contributed by atoms with Crippen molar-refractivity contribution in [2.24, 2.45) is 7.05 Å². The third-order valence-corrected chi connectivity index (χ3v) is 7.31. The Balaban J connectivity index is 1.44. The predicted octanol–water partition coefficient (Wildman–Crippen LogP) is 4.46. The van der Waals surface area contributed by atoms with Gasteiger partial charge in [-0.05, 0) is 37.8 Å². The number of amides is 1. The molecular formula is C22H31N5OS. The normalized spacial score (nSPS) is 18.7. The minimum Gasteiger partial charge on any atom is -0.336 e.